The highest BCUT2D eigenvalue weighted by Gasteiger charge is 2.38. The molecule has 1 fully saturated rings. The second kappa shape index (κ2) is 11.3. The zero-order chi connectivity index (χ0) is 28.6. The molecule has 0 spiro atoms. The summed E-state index contributed by atoms with van der Waals surface area (Å²) < 4.78 is 4.92. The summed E-state index contributed by atoms with van der Waals surface area (Å²) in [5, 5.41) is 3.29. The molecule has 5 rings (SSSR count). The topological polar surface area (TPSA) is 93.6 Å². The number of benzene rings is 1. The van der Waals surface area contributed by atoms with Crippen LogP contribution in [-0.4, -0.2) is 35.5 Å². The van der Waals surface area contributed by atoms with Gasteiger partial charge in [0.15, 0.2) is 4.32 Å². The number of rotatable bonds is 8. The summed E-state index contributed by atoms with van der Waals surface area (Å²) in [5.74, 6) is -0.0377. The van der Waals surface area contributed by atoms with E-state index >= 15 is 0 Å². The highest BCUT2D eigenvalue weighted by atomic mass is 32.2. The van der Waals surface area contributed by atoms with Gasteiger partial charge in [-0.2, -0.15) is 0 Å². The Morgan fingerprint density at radius 2 is 1.77 bits per heavy atom. The van der Waals surface area contributed by atoms with Crippen molar-refractivity contribution in [2.75, 3.05) is 16.8 Å². The molecule has 1 N–H and O–H groups in total. The van der Waals surface area contributed by atoms with Crippen LogP contribution in [-0.2, 0) is 11.8 Å². The summed E-state index contributed by atoms with van der Waals surface area (Å²) in [6, 6.07) is 12.9. The third kappa shape index (κ3) is 4.90. The number of unbranched alkanes of at least 4 members (excludes halogenated alkanes) is 2. The van der Waals surface area contributed by atoms with Crippen molar-refractivity contribution in [3.8, 4) is 5.69 Å². The van der Waals surface area contributed by atoms with Crippen molar-refractivity contribution in [2.24, 2.45) is 7.05 Å². The van der Waals surface area contributed by atoms with Gasteiger partial charge in [-0.05, 0) is 50.1 Å². The Bertz CT molecular complexity index is 1790. The van der Waals surface area contributed by atoms with Crippen molar-refractivity contribution in [3.63, 3.8) is 0 Å². The number of carbonyl (C=O) groups is 1. The number of thioether (sulfide) groups is 1. The molecule has 1 aliphatic rings. The molecule has 0 aliphatic carbocycles. The van der Waals surface area contributed by atoms with Gasteiger partial charge in [0.05, 0.1) is 21.8 Å². The number of pyridine rings is 1. The predicted octanol–water partition coefficient (Wildman–Crippen LogP) is 4.81. The fourth-order valence-electron chi connectivity index (χ4n) is 4.71. The summed E-state index contributed by atoms with van der Waals surface area (Å²) in [4.78, 5) is 47.2. The van der Waals surface area contributed by atoms with Crippen LogP contribution in [0, 0.1) is 13.8 Å². The third-order valence-electron chi connectivity index (χ3n) is 6.89. The molecule has 4 heterocycles. The molecule has 0 radical (unpaired) electrons. The number of thiocarbonyl (C=S) groups is 1. The molecule has 11 heteroatoms. The minimum atomic E-state index is -0.452. The van der Waals surface area contributed by atoms with Crippen LogP contribution in [0.25, 0.3) is 17.4 Å². The van der Waals surface area contributed by atoms with Crippen LogP contribution in [0.15, 0.2) is 63.2 Å². The van der Waals surface area contributed by atoms with E-state index in [1.54, 1.807) is 37.0 Å². The number of para-hydroxylation sites is 1. The van der Waals surface area contributed by atoms with E-state index in [9.17, 15) is 14.4 Å². The molecule has 40 heavy (non-hydrogen) atoms. The van der Waals surface area contributed by atoms with Crippen LogP contribution >= 0.6 is 24.0 Å². The second-order valence-corrected chi connectivity index (χ2v) is 11.4. The SMILES string of the molecule is CCCCCNc1nc2ccc(C)cn2c(=O)c1C=C1SC(=S)N(c2c(C)n(C)n(-c3ccccc3)c2=O)C1=O. The summed E-state index contributed by atoms with van der Waals surface area (Å²) in [5.41, 5.74) is 2.50. The Morgan fingerprint density at radius 3 is 2.50 bits per heavy atom. The smallest absolute Gasteiger partial charge is 0.296 e. The number of hydrogen-bond acceptors (Lipinski definition) is 7. The molecule has 3 aromatic heterocycles. The molecular weight excluding hydrogens is 544 g/mol. The Kier molecular flexibility index (Phi) is 7.77. The largest absolute Gasteiger partial charge is 0.369 e. The van der Waals surface area contributed by atoms with Gasteiger partial charge in [0.25, 0.3) is 17.0 Å². The van der Waals surface area contributed by atoms with E-state index in [0.717, 1.165) is 36.6 Å². The molecule has 1 saturated heterocycles. The third-order valence-corrected chi connectivity index (χ3v) is 8.20. The van der Waals surface area contributed by atoms with Crippen molar-refractivity contribution in [1.29, 1.82) is 0 Å². The van der Waals surface area contributed by atoms with Crippen LogP contribution in [0.3, 0.4) is 0 Å². The van der Waals surface area contributed by atoms with Crippen LogP contribution in [0.2, 0.25) is 0 Å². The number of carbonyl (C=O) groups excluding carboxylic acids is 1. The molecule has 0 saturated carbocycles. The molecule has 206 valence electrons. The van der Waals surface area contributed by atoms with Crippen LogP contribution in [0.4, 0.5) is 11.5 Å². The van der Waals surface area contributed by atoms with Gasteiger partial charge in [0, 0.05) is 19.8 Å². The highest BCUT2D eigenvalue weighted by molar-refractivity contribution is 8.27. The number of nitrogens with zero attached hydrogens (tertiary/aromatic N) is 5. The first-order valence-electron chi connectivity index (χ1n) is 13.1. The van der Waals surface area contributed by atoms with Crippen molar-refractivity contribution in [3.05, 3.63) is 91.1 Å². The Hall–Kier alpha value is -3.96. The maximum Gasteiger partial charge on any atom is 0.296 e. The number of aromatic nitrogens is 4. The van der Waals surface area contributed by atoms with Gasteiger partial charge in [-0.1, -0.05) is 68.0 Å². The van der Waals surface area contributed by atoms with Gasteiger partial charge in [0.1, 0.15) is 17.2 Å². The number of aryl methyl sites for hydroxylation is 1. The van der Waals surface area contributed by atoms with Gasteiger partial charge in [-0.3, -0.25) is 28.4 Å². The van der Waals surface area contributed by atoms with E-state index in [-0.39, 0.29) is 31.6 Å². The first-order valence-corrected chi connectivity index (χ1v) is 14.3. The van der Waals surface area contributed by atoms with Gasteiger partial charge in [-0.15, -0.1) is 0 Å². The number of fused-ring (bicyclic) bond motifs is 1. The molecule has 0 atom stereocenters. The standard InChI is InChI=1S/C29H30N6O3S2/c1-5-6-10-15-30-25-21(26(36)33-17-18(2)13-14-23(33)31-25)16-22-27(37)34(29(39)40-22)24-19(3)32(4)35(28(24)38)20-11-8-7-9-12-20/h7-9,11-14,16-17,30H,5-6,10,15H2,1-4H3. The molecule has 1 aromatic carbocycles. The lowest BCUT2D eigenvalue weighted by molar-refractivity contribution is -0.113. The van der Waals surface area contributed by atoms with Gasteiger partial charge >= 0.3 is 0 Å². The van der Waals surface area contributed by atoms with Crippen LogP contribution < -0.4 is 21.3 Å². The summed E-state index contributed by atoms with van der Waals surface area (Å²) in [6.45, 7) is 6.45. The molecule has 4 aromatic rings. The van der Waals surface area contributed by atoms with E-state index in [1.807, 2.05) is 43.3 Å². The number of amides is 1. The zero-order valence-corrected chi connectivity index (χ0v) is 24.4. The first-order chi connectivity index (χ1) is 19.2. The Balaban J connectivity index is 1.59. The number of nitrogens with one attached hydrogen (secondary N) is 1. The molecule has 1 amide bonds. The van der Waals surface area contributed by atoms with Gasteiger partial charge in [0.2, 0.25) is 0 Å². The summed E-state index contributed by atoms with van der Waals surface area (Å²) in [6.07, 6.45) is 6.31. The minimum Gasteiger partial charge on any atom is -0.369 e. The normalized spacial score (nSPS) is 14.6. The fraction of sp³-hybridized carbons (Fsp3) is 0.276. The van der Waals surface area contributed by atoms with Crippen molar-refractivity contribution in [2.45, 2.75) is 40.0 Å². The average Bonchev–Trinajstić information content (AvgIpc) is 3.33. The van der Waals surface area contributed by atoms with E-state index in [2.05, 4.69) is 12.2 Å². The molecule has 0 bridgehead atoms. The quantitative estimate of drug-likeness (QED) is 0.183. The number of anilines is 2. The molecule has 0 unspecified atom stereocenters. The van der Waals surface area contributed by atoms with Crippen molar-refractivity contribution in [1.82, 2.24) is 18.7 Å². The fourth-order valence-corrected chi connectivity index (χ4v) is 5.96. The molecular formula is C29H30N6O3S2. The monoisotopic (exact) mass is 574 g/mol. The zero-order valence-electron chi connectivity index (χ0n) is 22.8. The van der Waals surface area contributed by atoms with Gasteiger partial charge in [-0.25, -0.2) is 9.67 Å². The second-order valence-electron chi connectivity index (χ2n) is 9.68. The van der Waals surface area contributed by atoms with E-state index in [4.69, 9.17) is 17.2 Å². The van der Waals surface area contributed by atoms with E-state index in [0.29, 0.717) is 29.4 Å². The van der Waals surface area contributed by atoms with Crippen LogP contribution in [0.5, 0.6) is 0 Å². The van der Waals surface area contributed by atoms with Crippen molar-refractivity contribution < 1.29 is 4.79 Å². The number of hydrogen-bond donors (Lipinski definition) is 1. The van der Waals surface area contributed by atoms with Crippen molar-refractivity contribution >= 4 is 57.4 Å². The molecule has 9 nitrogen and oxygen atoms in total. The van der Waals surface area contributed by atoms with E-state index in [1.165, 1.54) is 14.0 Å². The summed E-state index contributed by atoms with van der Waals surface area (Å²) >= 11 is 6.66. The lowest BCUT2D eigenvalue weighted by Gasteiger charge is -2.13. The lowest BCUT2D eigenvalue weighted by atomic mass is 10.2. The Morgan fingerprint density at radius 1 is 1.02 bits per heavy atom. The average molecular weight is 575 g/mol. The Labute approximate surface area is 241 Å². The summed E-state index contributed by atoms with van der Waals surface area (Å²) in [7, 11) is 1.76. The van der Waals surface area contributed by atoms with Crippen LogP contribution in [0.1, 0.15) is 43.0 Å². The maximum atomic E-state index is 13.8. The predicted molar refractivity (Wildman–Crippen MR) is 166 cm³/mol. The van der Waals surface area contributed by atoms with E-state index < -0.39 is 5.91 Å². The maximum absolute atomic E-state index is 13.8. The molecule has 1 aliphatic heterocycles. The minimum absolute atomic E-state index is 0.194. The first kappa shape index (κ1) is 27.6. The lowest BCUT2D eigenvalue weighted by Crippen LogP contribution is -2.33. The highest BCUT2D eigenvalue weighted by Crippen LogP contribution is 2.36. The van der Waals surface area contributed by atoms with Gasteiger partial charge < -0.3 is 5.32 Å².